The van der Waals surface area contributed by atoms with Crippen molar-refractivity contribution in [1.82, 2.24) is 4.90 Å². The Morgan fingerprint density at radius 3 is 2.73 bits per heavy atom. The van der Waals surface area contributed by atoms with Crippen LogP contribution in [0.15, 0.2) is 0 Å². The summed E-state index contributed by atoms with van der Waals surface area (Å²) in [7, 11) is 0. The smallest absolute Gasteiger partial charge is 0.332 e. The molecule has 4 atom stereocenters. The van der Waals surface area contributed by atoms with Gasteiger partial charge in [-0.3, -0.25) is 4.79 Å². The molecule has 0 spiro atoms. The fourth-order valence-electron chi connectivity index (χ4n) is 1.88. The topological polar surface area (TPSA) is 77.8 Å². The number of β-lactam (4-membered cyclic amide) rings is 1. The molecule has 0 aromatic heterocycles. The van der Waals surface area contributed by atoms with E-state index in [1.165, 1.54) is 23.6 Å². The van der Waals surface area contributed by atoms with Crippen LogP contribution in [-0.2, 0) is 9.59 Å². The molecule has 2 aliphatic rings. The fraction of sp³-hybridized carbons (Fsp3) is 0.625. The lowest BCUT2D eigenvalue weighted by atomic mass is 9.91. The third-order valence-corrected chi connectivity index (χ3v) is 4.34. The molecule has 1 amide bonds. The highest BCUT2D eigenvalue weighted by atomic mass is 32.2. The van der Waals surface area contributed by atoms with E-state index < -0.39 is 24.0 Å². The minimum absolute atomic E-state index is 0.295. The first-order chi connectivity index (χ1) is 6.95. The predicted molar refractivity (Wildman–Crippen MR) is 57.4 cm³/mol. The van der Waals surface area contributed by atoms with Gasteiger partial charge in [-0.2, -0.15) is 0 Å². The van der Waals surface area contributed by atoms with Crippen molar-refractivity contribution in [2.75, 3.05) is 0 Å². The van der Waals surface area contributed by atoms with Crippen molar-refractivity contribution in [3.05, 3.63) is 0 Å². The maximum absolute atomic E-state index is 11.6. The number of hydrogen-bond donors (Lipinski definition) is 2. The molecule has 2 N–H and O–H groups in total. The summed E-state index contributed by atoms with van der Waals surface area (Å²) >= 11 is 6.10. The summed E-state index contributed by atoms with van der Waals surface area (Å²) in [6.45, 7) is 1.53. The maximum atomic E-state index is 11.6. The van der Waals surface area contributed by atoms with Gasteiger partial charge >= 0.3 is 5.97 Å². The van der Waals surface area contributed by atoms with E-state index in [2.05, 4.69) is 0 Å². The second-order valence-electron chi connectivity index (χ2n) is 3.58. The molecule has 82 valence electrons. The lowest BCUT2D eigenvalue weighted by molar-refractivity contribution is -0.164. The molecule has 0 aromatic rings. The van der Waals surface area contributed by atoms with Crippen LogP contribution in [0.3, 0.4) is 0 Å². The fourth-order valence-corrected chi connectivity index (χ4v) is 3.80. The van der Waals surface area contributed by atoms with Gasteiger partial charge < -0.3 is 15.1 Å². The van der Waals surface area contributed by atoms with Crippen molar-refractivity contribution in [2.24, 2.45) is 5.92 Å². The quantitative estimate of drug-likeness (QED) is 0.514. The number of carbonyl (C=O) groups is 2. The van der Waals surface area contributed by atoms with Crippen molar-refractivity contribution >= 4 is 40.1 Å². The van der Waals surface area contributed by atoms with Gasteiger partial charge in [-0.15, -0.1) is 0 Å². The van der Waals surface area contributed by atoms with Crippen molar-refractivity contribution in [3.8, 4) is 0 Å². The molecule has 2 fully saturated rings. The molecule has 1 unspecified atom stereocenters. The molecular formula is C8H9NO4S2. The number of fused-ring (bicyclic) bond motifs is 1. The Hall–Kier alpha value is -0.660. The number of aliphatic hydroxyl groups is 1. The second-order valence-corrected chi connectivity index (χ2v) is 5.44. The zero-order chi connectivity index (χ0) is 11.3. The van der Waals surface area contributed by atoms with Crippen LogP contribution >= 0.6 is 24.0 Å². The lowest BCUT2D eigenvalue weighted by Crippen LogP contribution is -2.64. The monoisotopic (exact) mass is 247 g/mol. The Kier molecular flexibility index (Phi) is 2.48. The number of aliphatic hydroxyl groups excluding tert-OH is 1. The number of thiocarbonyl (C=S) groups is 1. The van der Waals surface area contributed by atoms with E-state index in [-0.39, 0.29) is 11.3 Å². The molecule has 0 aromatic carbocycles. The minimum Gasteiger partial charge on any atom is -0.479 e. The number of nitrogens with zero attached hydrogens (tertiary/aromatic N) is 1. The van der Waals surface area contributed by atoms with Gasteiger partial charge in [0.25, 0.3) is 0 Å². The summed E-state index contributed by atoms with van der Waals surface area (Å²) in [6, 6.07) is -1.00. The zero-order valence-corrected chi connectivity index (χ0v) is 9.42. The Morgan fingerprint density at radius 1 is 1.67 bits per heavy atom. The van der Waals surface area contributed by atoms with E-state index in [9.17, 15) is 14.7 Å². The van der Waals surface area contributed by atoms with Crippen LogP contribution in [-0.4, -0.2) is 48.7 Å². The average molecular weight is 247 g/mol. The van der Waals surface area contributed by atoms with Crippen molar-refractivity contribution in [1.29, 1.82) is 0 Å². The van der Waals surface area contributed by atoms with Gasteiger partial charge in [0, 0.05) is 0 Å². The molecule has 2 saturated heterocycles. The van der Waals surface area contributed by atoms with Gasteiger partial charge in [-0.05, 0) is 6.92 Å². The Balaban J connectivity index is 2.23. The highest BCUT2D eigenvalue weighted by Crippen LogP contribution is 2.46. The molecule has 0 bridgehead atoms. The number of carboxylic acids is 1. The molecule has 7 heteroatoms. The largest absolute Gasteiger partial charge is 0.479 e. The van der Waals surface area contributed by atoms with Gasteiger partial charge in [-0.1, -0.05) is 24.0 Å². The molecule has 0 aliphatic carbocycles. The van der Waals surface area contributed by atoms with Gasteiger partial charge in [0.15, 0.2) is 6.04 Å². The van der Waals surface area contributed by atoms with E-state index in [1.54, 1.807) is 0 Å². The van der Waals surface area contributed by atoms with E-state index in [1.807, 2.05) is 0 Å². The summed E-state index contributed by atoms with van der Waals surface area (Å²) in [5.41, 5.74) is 0. The van der Waals surface area contributed by atoms with Crippen LogP contribution in [0.1, 0.15) is 6.92 Å². The van der Waals surface area contributed by atoms with E-state index in [0.717, 1.165) is 0 Å². The number of carboxylic acid groups (broad SMARTS) is 1. The predicted octanol–water partition coefficient (Wildman–Crippen LogP) is -0.321. The average Bonchev–Trinajstić information content (AvgIpc) is 2.38. The van der Waals surface area contributed by atoms with E-state index in [0.29, 0.717) is 4.20 Å². The first kappa shape index (κ1) is 10.8. The van der Waals surface area contributed by atoms with Crippen molar-refractivity contribution < 1.29 is 19.8 Å². The van der Waals surface area contributed by atoms with E-state index in [4.69, 9.17) is 17.3 Å². The van der Waals surface area contributed by atoms with Crippen LogP contribution < -0.4 is 0 Å². The molecule has 2 rings (SSSR count). The van der Waals surface area contributed by atoms with Crippen LogP contribution in [0.25, 0.3) is 0 Å². The number of aliphatic carboxylic acids is 1. The minimum atomic E-state index is -1.10. The molecule has 2 aliphatic heterocycles. The molecule has 15 heavy (non-hydrogen) atoms. The van der Waals surface area contributed by atoms with Crippen LogP contribution in [0.5, 0.6) is 0 Å². The molecular weight excluding hydrogens is 238 g/mol. The number of hydrogen-bond acceptors (Lipinski definition) is 5. The number of carbonyl (C=O) groups excluding carboxylic acids is 1. The summed E-state index contributed by atoms with van der Waals surface area (Å²) in [6.07, 6.45) is -0.762. The third-order valence-electron chi connectivity index (χ3n) is 2.61. The molecule has 0 saturated carbocycles. The van der Waals surface area contributed by atoms with Gasteiger partial charge in [-0.25, -0.2) is 4.79 Å². The molecule has 0 radical (unpaired) electrons. The summed E-state index contributed by atoms with van der Waals surface area (Å²) < 4.78 is 0.295. The maximum Gasteiger partial charge on any atom is 0.332 e. The number of amides is 1. The highest BCUT2D eigenvalue weighted by molar-refractivity contribution is 8.24. The van der Waals surface area contributed by atoms with Crippen LogP contribution in [0, 0.1) is 5.92 Å². The van der Waals surface area contributed by atoms with Gasteiger partial charge in [0.05, 0.1) is 21.6 Å². The van der Waals surface area contributed by atoms with Gasteiger partial charge in [0.2, 0.25) is 5.91 Å². The summed E-state index contributed by atoms with van der Waals surface area (Å²) in [5, 5.41) is 17.9. The number of thioether (sulfide) groups is 1. The normalized spacial score (nSPS) is 36.1. The van der Waals surface area contributed by atoms with Crippen LogP contribution in [0.2, 0.25) is 0 Å². The summed E-state index contributed by atoms with van der Waals surface area (Å²) in [5.74, 6) is -1.94. The molecule has 2 heterocycles. The van der Waals surface area contributed by atoms with Crippen LogP contribution in [0.4, 0.5) is 0 Å². The SMILES string of the molecule is C[C@@H](O)[C@H]1C(=O)N2C(C(=O)O)C(=S)S[C@H]12. The summed E-state index contributed by atoms with van der Waals surface area (Å²) in [4.78, 5) is 23.7. The van der Waals surface area contributed by atoms with Crippen molar-refractivity contribution in [3.63, 3.8) is 0 Å². The highest BCUT2D eigenvalue weighted by Gasteiger charge is 2.60. The van der Waals surface area contributed by atoms with Crippen molar-refractivity contribution in [2.45, 2.75) is 24.4 Å². The van der Waals surface area contributed by atoms with E-state index >= 15 is 0 Å². The Labute approximate surface area is 95.4 Å². The first-order valence-corrected chi connectivity index (χ1v) is 5.67. The second kappa shape index (κ2) is 3.43. The number of rotatable bonds is 2. The Bertz CT molecular complexity index is 357. The zero-order valence-electron chi connectivity index (χ0n) is 7.78. The Morgan fingerprint density at radius 2 is 2.27 bits per heavy atom. The van der Waals surface area contributed by atoms with Gasteiger partial charge in [0.1, 0.15) is 0 Å². The standard InChI is InChI=1S/C8H9NO4S2/c1-2(10)3-5(11)9-4(7(12)13)8(14)15-6(3)9/h2-4,6,10H,1H3,(H,12,13)/t2-,3+,4?,6-/m1/s1. The lowest BCUT2D eigenvalue weighted by Gasteiger charge is -2.44. The molecule has 5 nitrogen and oxygen atoms in total. The third kappa shape index (κ3) is 1.37. The first-order valence-electron chi connectivity index (χ1n) is 4.38.